The van der Waals surface area contributed by atoms with Gasteiger partial charge in [0.1, 0.15) is 16.9 Å². The van der Waals surface area contributed by atoms with Crippen LogP contribution in [0.5, 0.6) is 0 Å². The van der Waals surface area contributed by atoms with Crippen LogP contribution in [0, 0.1) is 0 Å². The van der Waals surface area contributed by atoms with Gasteiger partial charge in [-0.15, -0.1) is 0 Å². The van der Waals surface area contributed by atoms with Crippen molar-refractivity contribution in [1.82, 2.24) is 29.5 Å². The third-order valence-electron chi connectivity index (χ3n) is 3.82. The third-order valence-corrected chi connectivity index (χ3v) is 4.89. The number of aromatic nitrogens is 6. The monoisotopic (exact) mass is 333 g/mol. The van der Waals surface area contributed by atoms with Crippen LogP contribution in [0.15, 0.2) is 59.4 Å². The fraction of sp³-hybridized carbons (Fsp3) is 0.0625. The largest absolute Gasteiger partial charge is 0.337 e. The average Bonchev–Trinajstić information content (AvgIpc) is 3.03. The van der Waals surface area contributed by atoms with Crippen molar-refractivity contribution in [3.63, 3.8) is 0 Å². The summed E-state index contributed by atoms with van der Waals surface area (Å²) in [6.07, 6.45) is 8.49. The number of anilines is 2. The smallest absolute Gasteiger partial charge is 0.180 e. The topological polar surface area (TPSA) is 81.4 Å². The average molecular weight is 333 g/mol. The van der Waals surface area contributed by atoms with Crippen molar-refractivity contribution >= 4 is 34.4 Å². The van der Waals surface area contributed by atoms with Crippen molar-refractivity contribution in [2.75, 3.05) is 5.32 Å². The molecule has 3 aromatic heterocycles. The number of hydrogen-bond donors (Lipinski definition) is 1. The summed E-state index contributed by atoms with van der Waals surface area (Å²) in [5, 5.41) is 4.25. The molecule has 1 aliphatic rings. The number of imidazole rings is 1. The Hall–Kier alpha value is -3.00. The van der Waals surface area contributed by atoms with Crippen molar-refractivity contribution in [3.8, 4) is 0 Å². The first-order valence-corrected chi connectivity index (χ1v) is 8.18. The molecule has 5 rings (SSSR count). The highest BCUT2D eigenvalue weighted by molar-refractivity contribution is 7.99. The van der Waals surface area contributed by atoms with Gasteiger partial charge in [-0.2, -0.15) is 0 Å². The Bertz CT molecular complexity index is 1060. The Morgan fingerprint density at radius 2 is 2.04 bits per heavy atom. The van der Waals surface area contributed by atoms with E-state index in [2.05, 4.69) is 48.4 Å². The van der Waals surface area contributed by atoms with Gasteiger partial charge in [0.25, 0.3) is 0 Å². The molecule has 0 unspecified atom stereocenters. The molecule has 7 nitrogen and oxygen atoms in total. The molecule has 0 saturated carbocycles. The summed E-state index contributed by atoms with van der Waals surface area (Å²) >= 11 is 1.63. The van der Waals surface area contributed by atoms with E-state index in [9.17, 15) is 0 Å². The van der Waals surface area contributed by atoms with Crippen molar-refractivity contribution < 1.29 is 0 Å². The summed E-state index contributed by atoms with van der Waals surface area (Å²) in [4.78, 5) is 22.4. The van der Waals surface area contributed by atoms with E-state index in [1.807, 2.05) is 4.57 Å². The predicted octanol–water partition coefficient (Wildman–Crippen LogP) is 2.87. The molecule has 1 aromatic carbocycles. The second-order valence-electron chi connectivity index (χ2n) is 5.37. The molecule has 1 N–H and O–H groups in total. The Kier molecular flexibility index (Phi) is 2.95. The SMILES string of the molecule is c1cnc2c(n1)Nc1cc(Cn3cnc4ncncc43)ccc1S2. The number of nitrogens with zero attached hydrogens (tertiary/aromatic N) is 6. The van der Waals surface area contributed by atoms with Gasteiger partial charge >= 0.3 is 0 Å². The van der Waals surface area contributed by atoms with Gasteiger partial charge in [-0.3, -0.25) is 0 Å². The van der Waals surface area contributed by atoms with E-state index in [-0.39, 0.29) is 0 Å². The quantitative estimate of drug-likeness (QED) is 0.532. The lowest BCUT2D eigenvalue weighted by Crippen LogP contribution is -2.05. The van der Waals surface area contributed by atoms with Crippen LogP contribution in [0.4, 0.5) is 11.5 Å². The molecule has 4 aromatic rings. The lowest BCUT2D eigenvalue weighted by molar-refractivity contribution is 0.822. The molecule has 1 aliphatic heterocycles. The van der Waals surface area contributed by atoms with Gasteiger partial charge < -0.3 is 9.88 Å². The summed E-state index contributed by atoms with van der Waals surface area (Å²) in [5.41, 5.74) is 3.85. The van der Waals surface area contributed by atoms with Crippen LogP contribution in [-0.4, -0.2) is 29.5 Å². The molecule has 8 heteroatoms. The van der Waals surface area contributed by atoms with Crippen LogP contribution in [0.1, 0.15) is 5.56 Å². The normalized spacial score (nSPS) is 12.5. The van der Waals surface area contributed by atoms with Crippen molar-refractivity contribution in [2.24, 2.45) is 0 Å². The summed E-state index contributed by atoms with van der Waals surface area (Å²) in [5.74, 6) is 0.800. The highest BCUT2D eigenvalue weighted by Gasteiger charge is 2.18. The second-order valence-corrected chi connectivity index (χ2v) is 6.40. The molecule has 0 spiro atoms. The maximum atomic E-state index is 4.35. The van der Waals surface area contributed by atoms with E-state index >= 15 is 0 Å². The van der Waals surface area contributed by atoms with E-state index in [4.69, 9.17) is 0 Å². The fourth-order valence-electron chi connectivity index (χ4n) is 2.71. The number of nitrogens with one attached hydrogen (secondary N) is 1. The number of rotatable bonds is 2. The van der Waals surface area contributed by atoms with Crippen LogP contribution in [0.2, 0.25) is 0 Å². The maximum Gasteiger partial charge on any atom is 0.180 e. The zero-order valence-electron chi connectivity index (χ0n) is 12.4. The van der Waals surface area contributed by atoms with E-state index in [0.29, 0.717) is 12.2 Å². The first-order chi connectivity index (χ1) is 11.9. The molecule has 0 amide bonds. The van der Waals surface area contributed by atoms with Gasteiger partial charge in [0, 0.05) is 23.8 Å². The summed E-state index contributed by atoms with van der Waals surface area (Å²) < 4.78 is 2.04. The number of benzene rings is 1. The van der Waals surface area contributed by atoms with E-state index in [1.165, 1.54) is 6.33 Å². The first-order valence-electron chi connectivity index (χ1n) is 7.36. The Labute approximate surface area is 141 Å². The molecular formula is C16H11N7S. The van der Waals surface area contributed by atoms with E-state index in [1.54, 1.807) is 36.7 Å². The van der Waals surface area contributed by atoms with Crippen molar-refractivity contribution in [1.29, 1.82) is 0 Å². The predicted molar refractivity (Wildman–Crippen MR) is 90.3 cm³/mol. The molecule has 0 saturated heterocycles. The molecule has 0 atom stereocenters. The minimum absolute atomic E-state index is 0.705. The van der Waals surface area contributed by atoms with Crippen LogP contribution in [-0.2, 0) is 6.54 Å². The van der Waals surface area contributed by atoms with Gasteiger partial charge in [-0.25, -0.2) is 24.9 Å². The lowest BCUT2D eigenvalue weighted by Gasteiger charge is -2.19. The fourth-order valence-corrected chi connectivity index (χ4v) is 3.59. The van der Waals surface area contributed by atoms with Crippen molar-refractivity contribution in [3.05, 3.63) is 55.0 Å². The van der Waals surface area contributed by atoms with Gasteiger partial charge in [0.15, 0.2) is 11.5 Å². The molecule has 0 bridgehead atoms. The van der Waals surface area contributed by atoms with E-state index in [0.717, 1.165) is 32.5 Å². The molecule has 24 heavy (non-hydrogen) atoms. The zero-order chi connectivity index (χ0) is 15.9. The molecule has 4 heterocycles. The van der Waals surface area contributed by atoms with Crippen LogP contribution in [0.25, 0.3) is 11.2 Å². The lowest BCUT2D eigenvalue weighted by atomic mass is 10.2. The van der Waals surface area contributed by atoms with Crippen LogP contribution < -0.4 is 5.32 Å². The van der Waals surface area contributed by atoms with Gasteiger partial charge in [-0.05, 0) is 17.7 Å². The first kappa shape index (κ1) is 13.4. The highest BCUT2D eigenvalue weighted by Crippen LogP contribution is 2.42. The Balaban J connectivity index is 1.49. The van der Waals surface area contributed by atoms with Gasteiger partial charge in [0.05, 0.1) is 18.2 Å². The summed E-state index contributed by atoms with van der Waals surface area (Å²) in [7, 11) is 0. The van der Waals surface area contributed by atoms with E-state index < -0.39 is 0 Å². The highest BCUT2D eigenvalue weighted by atomic mass is 32.2. The summed E-state index contributed by atoms with van der Waals surface area (Å²) in [6.45, 7) is 0.705. The molecular weight excluding hydrogens is 322 g/mol. The van der Waals surface area contributed by atoms with Crippen LogP contribution in [0.3, 0.4) is 0 Å². The Morgan fingerprint density at radius 1 is 1.08 bits per heavy atom. The van der Waals surface area contributed by atoms with Gasteiger partial charge in [-0.1, -0.05) is 17.8 Å². The molecule has 0 fully saturated rings. The molecule has 116 valence electrons. The minimum Gasteiger partial charge on any atom is -0.337 e. The zero-order valence-corrected chi connectivity index (χ0v) is 13.2. The second kappa shape index (κ2) is 5.27. The number of hydrogen-bond acceptors (Lipinski definition) is 7. The minimum atomic E-state index is 0.705. The number of fused-ring (bicyclic) bond motifs is 3. The van der Waals surface area contributed by atoms with Gasteiger partial charge in [0.2, 0.25) is 0 Å². The van der Waals surface area contributed by atoms with Crippen LogP contribution >= 0.6 is 11.8 Å². The standard InChI is InChI=1S/C16H11N7S/c1-2-13-11(22-15-16(24-13)19-4-3-18-15)5-10(1)7-23-9-21-14-12(23)6-17-8-20-14/h1-6,8-9H,7H2,(H,18,22). The summed E-state index contributed by atoms with van der Waals surface area (Å²) in [6, 6.07) is 6.36. The van der Waals surface area contributed by atoms with Crippen molar-refractivity contribution in [2.45, 2.75) is 16.5 Å². The maximum absolute atomic E-state index is 4.35. The molecule has 0 aliphatic carbocycles. The molecule has 0 radical (unpaired) electrons. The third kappa shape index (κ3) is 2.19. The Morgan fingerprint density at radius 3 is 3.04 bits per heavy atom.